The number of imidazole rings is 1. The molecule has 0 aliphatic rings. The van der Waals surface area contributed by atoms with Crippen LogP contribution in [0.3, 0.4) is 0 Å². The maximum absolute atomic E-state index is 14.2. The summed E-state index contributed by atoms with van der Waals surface area (Å²) in [4.78, 5) is 11.6. The van der Waals surface area contributed by atoms with Gasteiger partial charge in [-0.2, -0.15) is 0 Å². The van der Waals surface area contributed by atoms with Crippen molar-refractivity contribution in [2.45, 2.75) is 6.92 Å². The molecule has 0 amide bonds. The fourth-order valence-electron chi connectivity index (χ4n) is 2.83. The number of H-pyrrole nitrogens is 1. The molecule has 0 fully saturated rings. The van der Waals surface area contributed by atoms with E-state index in [1.165, 1.54) is 0 Å². The van der Waals surface area contributed by atoms with Gasteiger partial charge in [0.2, 0.25) is 0 Å². The Morgan fingerprint density at radius 2 is 1.72 bits per heavy atom. The Hall–Kier alpha value is -3.15. The van der Waals surface area contributed by atoms with Gasteiger partial charge in [0.05, 0.1) is 16.9 Å². The number of aryl methyl sites for hydroxylation is 1. The summed E-state index contributed by atoms with van der Waals surface area (Å²) in [6.45, 7) is 1.72. The lowest BCUT2D eigenvalue weighted by molar-refractivity contribution is 0.496. The molecule has 0 unspecified atom stereocenters. The third kappa shape index (κ3) is 2.65. The van der Waals surface area contributed by atoms with Gasteiger partial charge < -0.3 is 4.98 Å². The third-order valence-electron chi connectivity index (χ3n) is 3.98. The molecular weight excluding hydrogens is 327 g/mol. The van der Waals surface area contributed by atoms with Crippen LogP contribution in [0.15, 0.2) is 48.7 Å². The predicted molar refractivity (Wildman–Crippen MR) is 89.4 cm³/mol. The first kappa shape index (κ1) is 15.4. The van der Waals surface area contributed by atoms with Crippen LogP contribution in [0, 0.1) is 24.4 Å². The molecule has 0 saturated carbocycles. The summed E-state index contributed by atoms with van der Waals surface area (Å²) in [6.07, 6.45) is 1.70. The Balaban J connectivity index is 1.93. The summed E-state index contributed by atoms with van der Waals surface area (Å²) in [5.74, 6) is -2.67. The summed E-state index contributed by atoms with van der Waals surface area (Å²) in [6, 6.07) is 10.6. The maximum Gasteiger partial charge on any atom is 0.161 e. The zero-order chi connectivity index (χ0) is 17.6. The Morgan fingerprint density at radius 1 is 0.920 bits per heavy atom. The van der Waals surface area contributed by atoms with Crippen molar-refractivity contribution in [2.24, 2.45) is 0 Å². The summed E-state index contributed by atoms with van der Waals surface area (Å²) >= 11 is 0. The zero-order valence-corrected chi connectivity index (χ0v) is 13.1. The van der Waals surface area contributed by atoms with E-state index in [-0.39, 0.29) is 11.3 Å². The Labute approximate surface area is 141 Å². The van der Waals surface area contributed by atoms with Crippen molar-refractivity contribution in [3.8, 4) is 22.5 Å². The first-order valence-electron chi connectivity index (χ1n) is 7.59. The van der Waals surface area contributed by atoms with E-state index in [9.17, 15) is 13.2 Å². The second-order valence-electron chi connectivity index (χ2n) is 5.70. The van der Waals surface area contributed by atoms with Gasteiger partial charge in [-0.25, -0.2) is 18.2 Å². The highest BCUT2D eigenvalue weighted by Crippen LogP contribution is 2.33. The topological polar surface area (TPSA) is 41.6 Å². The molecule has 0 aliphatic heterocycles. The van der Waals surface area contributed by atoms with Gasteiger partial charge in [0.25, 0.3) is 0 Å². The summed E-state index contributed by atoms with van der Waals surface area (Å²) in [7, 11) is 0. The zero-order valence-electron chi connectivity index (χ0n) is 13.1. The van der Waals surface area contributed by atoms with Gasteiger partial charge in [-0.1, -0.05) is 12.1 Å². The number of halogens is 3. The first-order valence-corrected chi connectivity index (χ1v) is 7.59. The monoisotopic (exact) mass is 339 g/mol. The SMILES string of the molecule is Cc1nc(-c2cc(F)c(F)cc2F)c(-c2ccc3ncccc3c2)[nH]1. The van der Waals surface area contributed by atoms with Crippen molar-refractivity contribution in [1.82, 2.24) is 15.0 Å². The standard InChI is InChI=1S/C19H12F3N3/c1-10-24-18(12-4-5-17-11(7-12)3-2-6-23-17)19(25-10)13-8-15(21)16(22)9-14(13)20/h2-9H,1H3,(H,24,25). The maximum atomic E-state index is 14.2. The minimum atomic E-state index is -1.23. The molecule has 124 valence electrons. The fourth-order valence-corrected chi connectivity index (χ4v) is 2.83. The number of aromatic amines is 1. The van der Waals surface area contributed by atoms with Crippen molar-refractivity contribution in [2.75, 3.05) is 0 Å². The van der Waals surface area contributed by atoms with Crippen LogP contribution >= 0.6 is 0 Å². The van der Waals surface area contributed by atoms with Crippen LogP contribution < -0.4 is 0 Å². The molecule has 0 atom stereocenters. The number of fused-ring (bicyclic) bond motifs is 1. The Bertz CT molecular complexity index is 1100. The average molecular weight is 339 g/mol. The van der Waals surface area contributed by atoms with E-state index < -0.39 is 17.5 Å². The van der Waals surface area contributed by atoms with Crippen molar-refractivity contribution in [1.29, 1.82) is 0 Å². The number of hydrogen-bond donors (Lipinski definition) is 1. The number of pyridine rings is 1. The lowest BCUT2D eigenvalue weighted by Crippen LogP contribution is -1.93. The smallest absolute Gasteiger partial charge is 0.161 e. The van der Waals surface area contributed by atoms with Gasteiger partial charge >= 0.3 is 0 Å². The van der Waals surface area contributed by atoms with Gasteiger partial charge in [-0.15, -0.1) is 0 Å². The quantitative estimate of drug-likeness (QED) is 0.521. The number of rotatable bonds is 2. The minimum absolute atomic E-state index is 0.0930. The normalized spacial score (nSPS) is 11.2. The van der Waals surface area contributed by atoms with Crippen LogP contribution in [-0.4, -0.2) is 15.0 Å². The molecule has 2 aromatic carbocycles. The van der Waals surface area contributed by atoms with E-state index in [2.05, 4.69) is 15.0 Å². The van der Waals surface area contributed by atoms with Gasteiger partial charge in [-0.3, -0.25) is 4.98 Å². The van der Waals surface area contributed by atoms with E-state index in [0.29, 0.717) is 17.6 Å². The molecule has 4 rings (SSSR count). The van der Waals surface area contributed by atoms with Gasteiger partial charge in [0.1, 0.15) is 11.6 Å². The number of aromatic nitrogens is 3. The third-order valence-corrected chi connectivity index (χ3v) is 3.98. The van der Waals surface area contributed by atoms with Gasteiger partial charge in [-0.05, 0) is 31.2 Å². The molecule has 0 saturated heterocycles. The lowest BCUT2D eigenvalue weighted by Gasteiger charge is -2.06. The van der Waals surface area contributed by atoms with E-state index in [1.54, 1.807) is 13.1 Å². The lowest BCUT2D eigenvalue weighted by atomic mass is 10.0. The van der Waals surface area contributed by atoms with Crippen molar-refractivity contribution >= 4 is 10.9 Å². The van der Waals surface area contributed by atoms with E-state index in [1.807, 2.05) is 30.3 Å². The van der Waals surface area contributed by atoms with Crippen LogP contribution in [-0.2, 0) is 0 Å². The molecule has 0 spiro atoms. The average Bonchev–Trinajstić information content (AvgIpc) is 2.99. The molecule has 1 N–H and O–H groups in total. The Kier molecular flexibility index (Phi) is 3.53. The second kappa shape index (κ2) is 5.73. The fraction of sp³-hybridized carbons (Fsp3) is 0.0526. The molecule has 4 aromatic rings. The molecule has 2 heterocycles. The van der Waals surface area contributed by atoms with E-state index in [0.717, 1.165) is 22.5 Å². The van der Waals surface area contributed by atoms with Gasteiger partial charge in [0, 0.05) is 28.8 Å². The van der Waals surface area contributed by atoms with Crippen LogP contribution in [0.1, 0.15) is 5.82 Å². The molecule has 6 heteroatoms. The molecular formula is C19H12F3N3. The molecule has 3 nitrogen and oxygen atoms in total. The number of hydrogen-bond acceptors (Lipinski definition) is 2. The minimum Gasteiger partial charge on any atom is -0.342 e. The number of nitrogens with zero attached hydrogens (tertiary/aromatic N) is 2. The predicted octanol–water partition coefficient (Wildman–Crippen LogP) is 5.02. The molecule has 0 radical (unpaired) electrons. The number of benzene rings is 2. The highest BCUT2D eigenvalue weighted by atomic mass is 19.2. The molecule has 0 aliphatic carbocycles. The van der Waals surface area contributed by atoms with Crippen LogP contribution in [0.5, 0.6) is 0 Å². The summed E-state index contributed by atoms with van der Waals surface area (Å²) < 4.78 is 41.0. The highest BCUT2D eigenvalue weighted by molar-refractivity contribution is 5.87. The largest absolute Gasteiger partial charge is 0.342 e. The van der Waals surface area contributed by atoms with Crippen LogP contribution in [0.4, 0.5) is 13.2 Å². The van der Waals surface area contributed by atoms with Crippen molar-refractivity contribution < 1.29 is 13.2 Å². The van der Waals surface area contributed by atoms with Crippen LogP contribution in [0.25, 0.3) is 33.4 Å². The Morgan fingerprint density at radius 3 is 2.56 bits per heavy atom. The summed E-state index contributed by atoms with van der Waals surface area (Å²) in [5, 5.41) is 0.906. The van der Waals surface area contributed by atoms with Crippen molar-refractivity contribution in [3.63, 3.8) is 0 Å². The highest BCUT2D eigenvalue weighted by Gasteiger charge is 2.19. The second-order valence-corrected chi connectivity index (χ2v) is 5.70. The molecule has 25 heavy (non-hydrogen) atoms. The van der Waals surface area contributed by atoms with Crippen LogP contribution in [0.2, 0.25) is 0 Å². The molecule has 0 bridgehead atoms. The van der Waals surface area contributed by atoms with E-state index in [4.69, 9.17) is 0 Å². The molecule has 2 aromatic heterocycles. The van der Waals surface area contributed by atoms with Gasteiger partial charge in [0.15, 0.2) is 11.6 Å². The van der Waals surface area contributed by atoms with Crippen molar-refractivity contribution in [3.05, 3.63) is 71.9 Å². The number of nitrogens with one attached hydrogen (secondary N) is 1. The van der Waals surface area contributed by atoms with E-state index >= 15 is 0 Å². The first-order chi connectivity index (χ1) is 12.0. The summed E-state index contributed by atoms with van der Waals surface area (Å²) in [5.41, 5.74) is 2.25.